The zero-order valence-electron chi connectivity index (χ0n) is 8.33. The van der Waals surface area contributed by atoms with Crippen LogP contribution in [0.5, 0.6) is 0 Å². The minimum atomic E-state index is -0.265. The van der Waals surface area contributed by atoms with Gasteiger partial charge in [-0.2, -0.15) is 0 Å². The van der Waals surface area contributed by atoms with Crippen LogP contribution in [0.15, 0.2) is 18.3 Å². The van der Waals surface area contributed by atoms with Crippen LogP contribution >= 0.6 is 0 Å². The topological polar surface area (TPSA) is 24.9 Å². The van der Waals surface area contributed by atoms with E-state index >= 15 is 0 Å². The van der Waals surface area contributed by atoms with E-state index in [1.54, 1.807) is 12.3 Å². The number of rotatable bonds is 3. The van der Waals surface area contributed by atoms with Crippen LogP contribution in [0.2, 0.25) is 0 Å². The fraction of sp³-hybridized carbons (Fsp3) is 0.545. The number of hydrogen-bond acceptors (Lipinski definition) is 2. The van der Waals surface area contributed by atoms with Gasteiger partial charge in [0.05, 0.1) is 0 Å². The third-order valence-corrected chi connectivity index (χ3v) is 2.98. The zero-order chi connectivity index (χ0) is 9.97. The van der Waals surface area contributed by atoms with E-state index in [0.717, 1.165) is 0 Å². The van der Waals surface area contributed by atoms with E-state index < -0.39 is 0 Å². The van der Waals surface area contributed by atoms with Crippen molar-refractivity contribution < 1.29 is 4.39 Å². The highest BCUT2D eigenvalue weighted by molar-refractivity contribution is 5.36. The molecule has 1 atom stereocenters. The van der Waals surface area contributed by atoms with Gasteiger partial charge in [0.1, 0.15) is 0 Å². The molecule has 0 bridgehead atoms. The largest absolute Gasteiger partial charge is 0.365 e. The highest BCUT2D eigenvalue weighted by Crippen LogP contribution is 2.30. The van der Waals surface area contributed by atoms with Gasteiger partial charge in [-0.15, -0.1) is 0 Å². The summed E-state index contributed by atoms with van der Waals surface area (Å²) in [6.45, 7) is 2.10. The lowest BCUT2D eigenvalue weighted by atomic mass is 9.80. The molecule has 0 aliphatic heterocycles. The lowest BCUT2D eigenvalue weighted by Gasteiger charge is -2.32. The maximum absolute atomic E-state index is 13.2. The van der Waals surface area contributed by atoms with Crippen molar-refractivity contribution >= 4 is 5.82 Å². The Morgan fingerprint density at radius 2 is 2.36 bits per heavy atom. The zero-order valence-corrected chi connectivity index (χ0v) is 8.33. The molecule has 2 nitrogen and oxygen atoms in total. The van der Waals surface area contributed by atoms with E-state index in [-0.39, 0.29) is 5.82 Å². The van der Waals surface area contributed by atoms with Gasteiger partial charge in [-0.1, -0.05) is 6.42 Å². The highest BCUT2D eigenvalue weighted by Gasteiger charge is 2.24. The SMILES string of the molecule is C[C@@H](Nc1ncccc1F)C1CCC1. The van der Waals surface area contributed by atoms with Crippen molar-refractivity contribution in [1.82, 2.24) is 4.98 Å². The van der Waals surface area contributed by atoms with Gasteiger partial charge in [0.2, 0.25) is 0 Å². The standard InChI is InChI=1S/C11H15FN2/c1-8(9-4-2-5-9)14-11-10(12)6-3-7-13-11/h3,6-9H,2,4-5H2,1H3,(H,13,14)/t8-/m1/s1. The van der Waals surface area contributed by atoms with E-state index in [0.29, 0.717) is 17.8 Å². The molecule has 14 heavy (non-hydrogen) atoms. The molecule has 0 unspecified atom stereocenters. The molecule has 0 radical (unpaired) electrons. The van der Waals surface area contributed by atoms with E-state index in [9.17, 15) is 4.39 Å². The molecule has 1 fully saturated rings. The van der Waals surface area contributed by atoms with Gasteiger partial charge in [-0.3, -0.25) is 0 Å². The molecule has 3 heteroatoms. The van der Waals surface area contributed by atoms with Crippen LogP contribution in [0.1, 0.15) is 26.2 Å². The average Bonchev–Trinajstić information content (AvgIpc) is 2.05. The Morgan fingerprint density at radius 3 is 2.93 bits per heavy atom. The molecular formula is C11H15FN2. The summed E-state index contributed by atoms with van der Waals surface area (Å²) < 4.78 is 13.2. The molecule has 1 saturated carbocycles. The van der Waals surface area contributed by atoms with E-state index in [1.807, 2.05) is 0 Å². The monoisotopic (exact) mass is 194 g/mol. The Morgan fingerprint density at radius 1 is 1.57 bits per heavy atom. The Kier molecular flexibility index (Phi) is 2.66. The quantitative estimate of drug-likeness (QED) is 0.800. The lowest BCUT2D eigenvalue weighted by Crippen LogP contribution is -2.31. The average molecular weight is 194 g/mol. The van der Waals surface area contributed by atoms with Crippen molar-refractivity contribution in [3.63, 3.8) is 0 Å². The number of hydrogen-bond donors (Lipinski definition) is 1. The van der Waals surface area contributed by atoms with Gasteiger partial charge in [0.25, 0.3) is 0 Å². The molecule has 1 aliphatic carbocycles. The van der Waals surface area contributed by atoms with E-state index in [1.165, 1.54) is 25.3 Å². The summed E-state index contributed by atoms with van der Waals surface area (Å²) in [4.78, 5) is 3.97. The van der Waals surface area contributed by atoms with Gasteiger partial charge in [0.15, 0.2) is 11.6 Å². The van der Waals surface area contributed by atoms with Crippen molar-refractivity contribution in [3.05, 3.63) is 24.1 Å². The van der Waals surface area contributed by atoms with Crippen molar-refractivity contribution in [2.45, 2.75) is 32.2 Å². The molecule has 0 aromatic carbocycles. The summed E-state index contributed by atoms with van der Waals surface area (Å²) in [6, 6.07) is 3.37. The molecule has 0 spiro atoms. The number of aromatic nitrogens is 1. The molecule has 2 rings (SSSR count). The summed E-state index contributed by atoms with van der Waals surface area (Å²) in [5, 5.41) is 3.13. The summed E-state index contributed by atoms with van der Waals surface area (Å²) >= 11 is 0. The molecule has 1 aromatic rings. The van der Waals surface area contributed by atoms with Gasteiger partial charge in [0, 0.05) is 12.2 Å². The third-order valence-electron chi connectivity index (χ3n) is 2.98. The summed E-state index contributed by atoms with van der Waals surface area (Å²) in [5.41, 5.74) is 0. The van der Waals surface area contributed by atoms with Crippen molar-refractivity contribution in [2.24, 2.45) is 5.92 Å². The predicted octanol–water partition coefficient (Wildman–Crippen LogP) is 2.82. The summed E-state index contributed by atoms with van der Waals surface area (Å²) in [6.07, 6.45) is 5.42. The number of anilines is 1. The Labute approximate surface area is 83.6 Å². The Balaban J connectivity index is 1.99. The number of nitrogens with one attached hydrogen (secondary N) is 1. The predicted molar refractivity (Wildman–Crippen MR) is 54.6 cm³/mol. The number of halogens is 1. The first-order valence-corrected chi connectivity index (χ1v) is 5.14. The second-order valence-electron chi connectivity index (χ2n) is 3.96. The van der Waals surface area contributed by atoms with E-state index in [2.05, 4.69) is 17.2 Å². The second-order valence-corrected chi connectivity index (χ2v) is 3.96. The molecule has 0 saturated heterocycles. The molecule has 76 valence electrons. The molecule has 1 N–H and O–H groups in total. The van der Waals surface area contributed by atoms with Gasteiger partial charge in [-0.25, -0.2) is 9.37 Å². The summed E-state index contributed by atoms with van der Waals surface area (Å²) in [7, 11) is 0. The highest BCUT2D eigenvalue weighted by atomic mass is 19.1. The van der Waals surface area contributed by atoms with Crippen LogP contribution in [0.25, 0.3) is 0 Å². The maximum atomic E-state index is 13.2. The molecule has 1 aromatic heterocycles. The van der Waals surface area contributed by atoms with Crippen LogP contribution < -0.4 is 5.32 Å². The van der Waals surface area contributed by atoms with Crippen molar-refractivity contribution in [2.75, 3.05) is 5.32 Å². The van der Waals surface area contributed by atoms with E-state index in [4.69, 9.17) is 0 Å². The van der Waals surface area contributed by atoms with Gasteiger partial charge >= 0.3 is 0 Å². The fourth-order valence-electron chi connectivity index (χ4n) is 1.77. The van der Waals surface area contributed by atoms with Crippen LogP contribution in [-0.2, 0) is 0 Å². The second kappa shape index (κ2) is 3.95. The first-order chi connectivity index (χ1) is 6.77. The van der Waals surface area contributed by atoms with Crippen molar-refractivity contribution in [1.29, 1.82) is 0 Å². The maximum Gasteiger partial charge on any atom is 0.165 e. The van der Waals surface area contributed by atoms with Crippen LogP contribution in [0.4, 0.5) is 10.2 Å². The van der Waals surface area contributed by atoms with Crippen LogP contribution in [-0.4, -0.2) is 11.0 Å². The fourth-order valence-corrected chi connectivity index (χ4v) is 1.77. The normalized spacial score (nSPS) is 18.7. The van der Waals surface area contributed by atoms with Crippen LogP contribution in [0.3, 0.4) is 0 Å². The molecular weight excluding hydrogens is 179 g/mol. The molecule has 1 heterocycles. The number of nitrogens with zero attached hydrogens (tertiary/aromatic N) is 1. The first kappa shape index (κ1) is 9.44. The summed E-state index contributed by atoms with van der Waals surface area (Å²) in [5.74, 6) is 0.807. The van der Waals surface area contributed by atoms with Gasteiger partial charge < -0.3 is 5.32 Å². The molecule has 1 aliphatic rings. The smallest absolute Gasteiger partial charge is 0.165 e. The minimum Gasteiger partial charge on any atom is -0.365 e. The number of pyridine rings is 1. The van der Waals surface area contributed by atoms with Crippen LogP contribution in [0, 0.1) is 11.7 Å². The van der Waals surface area contributed by atoms with Gasteiger partial charge in [-0.05, 0) is 37.8 Å². The minimum absolute atomic E-state index is 0.265. The first-order valence-electron chi connectivity index (χ1n) is 5.14. The lowest BCUT2D eigenvalue weighted by molar-refractivity contribution is 0.284. The van der Waals surface area contributed by atoms with Crippen molar-refractivity contribution in [3.8, 4) is 0 Å². The Hall–Kier alpha value is -1.12. The third kappa shape index (κ3) is 1.86. The Bertz CT molecular complexity index is 310. The molecule has 0 amide bonds.